The van der Waals surface area contributed by atoms with Crippen molar-refractivity contribution >= 4 is 11.9 Å². The van der Waals surface area contributed by atoms with E-state index in [-0.39, 0.29) is 11.9 Å². The largest absolute Gasteiger partial charge is 0.383 e. The van der Waals surface area contributed by atoms with Gasteiger partial charge in [-0.2, -0.15) is 0 Å². The number of rotatable bonds is 7. The molecule has 1 amide bonds. The van der Waals surface area contributed by atoms with Gasteiger partial charge in [0.1, 0.15) is 6.33 Å². The van der Waals surface area contributed by atoms with E-state index in [4.69, 9.17) is 10.5 Å². The summed E-state index contributed by atoms with van der Waals surface area (Å²) in [6.07, 6.45) is 4.90. The Morgan fingerprint density at radius 3 is 2.78 bits per heavy atom. The molecule has 3 aromatic rings. The van der Waals surface area contributed by atoms with Gasteiger partial charge in [0.25, 0.3) is 5.91 Å². The van der Waals surface area contributed by atoms with E-state index in [1.165, 1.54) is 0 Å². The molecular formula is C18H21N7O2. The normalized spacial score (nSPS) is 10.7. The topological polar surface area (TPSA) is 112 Å². The molecule has 3 rings (SSSR count). The van der Waals surface area contributed by atoms with Gasteiger partial charge < -0.3 is 19.9 Å². The molecule has 9 nitrogen and oxygen atoms in total. The van der Waals surface area contributed by atoms with Crippen molar-refractivity contribution in [3.63, 3.8) is 0 Å². The third-order valence-corrected chi connectivity index (χ3v) is 4.07. The molecule has 1 aromatic carbocycles. The van der Waals surface area contributed by atoms with E-state index in [0.717, 1.165) is 11.1 Å². The summed E-state index contributed by atoms with van der Waals surface area (Å²) < 4.78 is 6.95. The van der Waals surface area contributed by atoms with E-state index < -0.39 is 0 Å². The minimum absolute atomic E-state index is 0.116. The summed E-state index contributed by atoms with van der Waals surface area (Å²) in [4.78, 5) is 22.4. The molecule has 0 saturated heterocycles. The Kier molecular flexibility index (Phi) is 5.72. The molecule has 27 heavy (non-hydrogen) atoms. The zero-order chi connectivity index (χ0) is 19.2. The molecule has 0 bridgehead atoms. The van der Waals surface area contributed by atoms with Crippen LogP contribution >= 0.6 is 0 Å². The molecule has 2 N–H and O–H groups in total. The molecule has 140 valence electrons. The summed E-state index contributed by atoms with van der Waals surface area (Å²) in [5.41, 5.74) is 7.73. The molecule has 2 heterocycles. The van der Waals surface area contributed by atoms with Gasteiger partial charge in [-0.15, -0.1) is 10.2 Å². The number of carbonyl (C=O) groups excluding carboxylic acids is 1. The average molecular weight is 367 g/mol. The number of nitrogens with zero attached hydrogens (tertiary/aromatic N) is 6. The highest BCUT2D eigenvalue weighted by Gasteiger charge is 2.16. The van der Waals surface area contributed by atoms with Gasteiger partial charge in [-0.3, -0.25) is 4.79 Å². The Hall–Kier alpha value is -3.33. The number of amides is 1. The summed E-state index contributed by atoms with van der Waals surface area (Å²) in [6.45, 7) is 1.53. The van der Waals surface area contributed by atoms with Crippen molar-refractivity contribution in [1.29, 1.82) is 0 Å². The summed E-state index contributed by atoms with van der Waals surface area (Å²) in [6, 6.07) is 7.31. The fourth-order valence-electron chi connectivity index (χ4n) is 2.60. The second-order valence-electron chi connectivity index (χ2n) is 6.01. The number of nitrogen functional groups attached to an aromatic ring is 1. The average Bonchev–Trinajstić information content (AvgIpc) is 3.13. The number of nitrogens with two attached hydrogens (primary N) is 1. The van der Waals surface area contributed by atoms with Gasteiger partial charge in [0.05, 0.1) is 13.2 Å². The Morgan fingerprint density at radius 1 is 1.26 bits per heavy atom. The molecule has 0 fully saturated rings. The van der Waals surface area contributed by atoms with E-state index >= 15 is 0 Å². The SMILES string of the molecule is COCCn1cnnc1CN(C)C(=O)c1cccc(-c2cnc(N)nc2)c1. The number of benzene rings is 1. The van der Waals surface area contributed by atoms with Crippen LogP contribution in [-0.2, 0) is 17.8 Å². The van der Waals surface area contributed by atoms with Crippen molar-refractivity contribution in [3.05, 3.63) is 54.4 Å². The Bertz CT molecular complexity index is 908. The Morgan fingerprint density at radius 2 is 2.04 bits per heavy atom. The summed E-state index contributed by atoms with van der Waals surface area (Å²) in [7, 11) is 3.37. The summed E-state index contributed by atoms with van der Waals surface area (Å²) >= 11 is 0. The first-order valence-corrected chi connectivity index (χ1v) is 8.37. The molecule has 0 atom stereocenters. The number of methoxy groups -OCH3 is 1. The van der Waals surface area contributed by atoms with Crippen LogP contribution in [0, 0.1) is 0 Å². The van der Waals surface area contributed by atoms with Crippen molar-refractivity contribution in [2.24, 2.45) is 0 Å². The summed E-state index contributed by atoms with van der Waals surface area (Å²) in [5.74, 6) is 0.795. The van der Waals surface area contributed by atoms with Gasteiger partial charge in [-0.1, -0.05) is 12.1 Å². The smallest absolute Gasteiger partial charge is 0.254 e. The third kappa shape index (κ3) is 4.45. The molecule has 0 radical (unpaired) electrons. The lowest BCUT2D eigenvalue weighted by atomic mass is 10.1. The number of anilines is 1. The van der Waals surface area contributed by atoms with Crippen LogP contribution in [0.25, 0.3) is 11.1 Å². The van der Waals surface area contributed by atoms with Crippen LogP contribution in [0.2, 0.25) is 0 Å². The van der Waals surface area contributed by atoms with Crippen molar-refractivity contribution in [2.75, 3.05) is 26.5 Å². The fraction of sp³-hybridized carbons (Fsp3) is 0.278. The molecule has 9 heteroatoms. The van der Waals surface area contributed by atoms with Crippen molar-refractivity contribution in [3.8, 4) is 11.1 Å². The Labute approximate surface area is 156 Å². The molecule has 0 aliphatic rings. The second-order valence-corrected chi connectivity index (χ2v) is 6.01. The van der Waals surface area contributed by atoms with Crippen LogP contribution in [0.5, 0.6) is 0 Å². The second kappa shape index (κ2) is 8.37. The highest BCUT2D eigenvalue weighted by Crippen LogP contribution is 2.20. The van der Waals surface area contributed by atoms with Gasteiger partial charge in [0, 0.05) is 44.2 Å². The van der Waals surface area contributed by atoms with E-state index in [2.05, 4.69) is 20.2 Å². The zero-order valence-electron chi connectivity index (χ0n) is 15.2. The van der Waals surface area contributed by atoms with Gasteiger partial charge in [0.2, 0.25) is 5.95 Å². The van der Waals surface area contributed by atoms with Crippen LogP contribution in [0.4, 0.5) is 5.95 Å². The predicted octanol–water partition coefficient (Wildman–Crippen LogP) is 1.24. The van der Waals surface area contributed by atoms with Gasteiger partial charge in [-0.25, -0.2) is 9.97 Å². The molecule has 2 aromatic heterocycles. The van der Waals surface area contributed by atoms with Gasteiger partial charge in [-0.05, 0) is 17.7 Å². The zero-order valence-corrected chi connectivity index (χ0v) is 15.2. The molecule has 0 spiro atoms. The molecule has 0 unspecified atom stereocenters. The van der Waals surface area contributed by atoms with Crippen LogP contribution in [-0.4, -0.2) is 56.3 Å². The first-order valence-electron chi connectivity index (χ1n) is 8.37. The number of hydrogen-bond donors (Lipinski definition) is 1. The third-order valence-electron chi connectivity index (χ3n) is 4.07. The summed E-state index contributed by atoms with van der Waals surface area (Å²) in [5, 5.41) is 8.01. The molecular weight excluding hydrogens is 346 g/mol. The minimum Gasteiger partial charge on any atom is -0.383 e. The minimum atomic E-state index is -0.116. The number of ether oxygens (including phenoxy) is 1. The maximum absolute atomic E-state index is 12.8. The van der Waals surface area contributed by atoms with E-state index in [0.29, 0.717) is 31.1 Å². The standard InChI is InChI=1S/C18H21N7O2/c1-24(11-16-23-22-12-25(16)6-7-27-2)17(26)14-5-3-4-13(8-14)15-9-20-18(19)21-10-15/h3-5,8-10,12H,6-7,11H2,1-2H3,(H2,19,20,21). The van der Waals surface area contributed by atoms with Crippen molar-refractivity contribution in [2.45, 2.75) is 13.1 Å². The quantitative estimate of drug-likeness (QED) is 0.668. The first kappa shape index (κ1) is 18.5. The lowest BCUT2D eigenvalue weighted by molar-refractivity contribution is 0.0779. The maximum Gasteiger partial charge on any atom is 0.254 e. The van der Waals surface area contributed by atoms with E-state index in [1.807, 2.05) is 22.8 Å². The van der Waals surface area contributed by atoms with Crippen LogP contribution in [0.3, 0.4) is 0 Å². The highest BCUT2D eigenvalue weighted by molar-refractivity contribution is 5.95. The van der Waals surface area contributed by atoms with Gasteiger partial charge >= 0.3 is 0 Å². The molecule has 0 aliphatic heterocycles. The first-order chi connectivity index (χ1) is 13.1. The number of hydrogen-bond acceptors (Lipinski definition) is 7. The van der Waals surface area contributed by atoms with Crippen molar-refractivity contribution < 1.29 is 9.53 Å². The number of aromatic nitrogens is 5. The van der Waals surface area contributed by atoms with Crippen LogP contribution in [0.15, 0.2) is 43.0 Å². The van der Waals surface area contributed by atoms with Crippen LogP contribution in [0.1, 0.15) is 16.2 Å². The molecule has 0 saturated carbocycles. The maximum atomic E-state index is 12.8. The van der Waals surface area contributed by atoms with Gasteiger partial charge in [0.15, 0.2) is 5.82 Å². The van der Waals surface area contributed by atoms with Crippen molar-refractivity contribution in [1.82, 2.24) is 29.6 Å². The highest BCUT2D eigenvalue weighted by atomic mass is 16.5. The number of carbonyl (C=O) groups is 1. The molecule has 0 aliphatic carbocycles. The van der Waals surface area contributed by atoms with E-state index in [1.54, 1.807) is 43.8 Å². The lowest BCUT2D eigenvalue weighted by Gasteiger charge is -2.17. The monoisotopic (exact) mass is 367 g/mol. The van der Waals surface area contributed by atoms with Crippen LogP contribution < -0.4 is 5.73 Å². The Balaban J connectivity index is 1.74. The lowest BCUT2D eigenvalue weighted by Crippen LogP contribution is -2.28. The van der Waals surface area contributed by atoms with E-state index in [9.17, 15) is 4.79 Å². The predicted molar refractivity (Wildman–Crippen MR) is 99.6 cm³/mol. The fourth-order valence-corrected chi connectivity index (χ4v) is 2.60.